The number of rotatable bonds is 5. The van der Waals surface area contributed by atoms with Gasteiger partial charge in [-0.05, 0) is 23.8 Å². The number of ether oxygens (including phenoxy) is 1. The number of carboxylic acids is 1. The first-order valence-electron chi connectivity index (χ1n) is 7.09. The second-order valence-electron chi connectivity index (χ2n) is 5.05. The lowest BCUT2D eigenvalue weighted by atomic mass is 10.1. The fourth-order valence-electron chi connectivity index (χ4n) is 2.43. The zero-order chi connectivity index (χ0) is 17.1. The molecule has 0 bridgehead atoms. The van der Waals surface area contributed by atoms with Crippen LogP contribution in [-0.4, -0.2) is 38.2 Å². The number of nitrogens with zero attached hydrogens (tertiary/aromatic N) is 4. The zero-order valence-electron chi connectivity index (χ0n) is 12.9. The summed E-state index contributed by atoms with van der Waals surface area (Å²) in [6.45, 7) is 0.360. The molecular formula is C16H15N5O3. The van der Waals surface area contributed by atoms with Crippen molar-refractivity contribution in [2.24, 2.45) is 0 Å². The summed E-state index contributed by atoms with van der Waals surface area (Å²) in [4.78, 5) is 11.6. The average Bonchev–Trinajstić information content (AvgIpc) is 2.92. The van der Waals surface area contributed by atoms with Gasteiger partial charge in [0.05, 0.1) is 31.7 Å². The van der Waals surface area contributed by atoms with Crippen LogP contribution >= 0.6 is 0 Å². The Kier molecular flexibility index (Phi) is 4.11. The molecule has 0 saturated heterocycles. The third kappa shape index (κ3) is 2.89. The Balaban J connectivity index is 2.07. The molecule has 24 heavy (non-hydrogen) atoms. The van der Waals surface area contributed by atoms with Crippen LogP contribution in [0.15, 0.2) is 42.7 Å². The van der Waals surface area contributed by atoms with Gasteiger partial charge >= 0.3 is 5.97 Å². The molecule has 0 atom stereocenters. The van der Waals surface area contributed by atoms with Gasteiger partial charge in [0.15, 0.2) is 5.82 Å². The minimum atomic E-state index is -1.14. The largest absolute Gasteiger partial charge is 0.497 e. The number of hydrogen-bond acceptors (Lipinski definition) is 6. The van der Waals surface area contributed by atoms with Crippen LogP contribution in [0, 0.1) is 0 Å². The molecule has 3 aromatic rings. The molecule has 0 aliphatic heterocycles. The standard InChI is InChI=1S/C16H15N5O3/c1-24-12-4-2-10(3-5-12)9-21-14(11-6-7-18-19-8-11)13(16(22)23)15(17)20-21/h2-8H,9H2,1H3,(H2,17,20)(H,22,23). The van der Waals surface area contributed by atoms with Crippen LogP contribution in [0.5, 0.6) is 5.75 Å². The van der Waals surface area contributed by atoms with Gasteiger partial charge in [-0.15, -0.1) is 0 Å². The zero-order valence-corrected chi connectivity index (χ0v) is 12.9. The molecule has 1 aromatic carbocycles. The van der Waals surface area contributed by atoms with Crippen molar-refractivity contribution in [1.29, 1.82) is 0 Å². The molecule has 0 spiro atoms. The summed E-state index contributed by atoms with van der Waals surface area (Å²) in [6, 6.07) is 9.08. The van der Waals surface area contributed by atoms with Gasteiger partial charge in [-0.3, -0.25) is 4.68 Å². The summed E-state index contributed by atoms with van der Waals surface area (Å²) in [6.07, 6.45) is 2.97. The summed E-state index contributed by atoms with van der Waals surface area (Å²) in [5.74, 6) is -0.438. The van der Waals surface area contributed by atoms with Crippen molar-refractivity contribution in [3.05, 3.63) is 53.9 Å². The van der Waals surface area contributed by atoms with Gasteiger partial charge in [0.1, 0.15) is 11.3 Å². The molecule has 8 heteroatoms. The molecule has 2 aromatic heterocycles. The predicted molar refractivity (Wildman–Crippen MR) is 86.7 cm³/mol. The van der Waals surface area contributed by atoms with Crippen LogP contribution < -0.4 is 10.5 Å². The summed E-state index contributed by atoms with van der Waals surface area (Å²) in [5.41, 5.74) is 7.67. The smallest absolute Gasteiger partial charge is 0.341 e. The van der Waals surface area contributed by atoms with Gasteiger partial charge in [0.25, 0.3) is 0 Å². The monoisotopic (exact) mass is 325 g/mol. The third-order valence-electron chi connectivity index (χ3n) is 3.54. The second kappa shape index (κ2) is 6.37. The normalized spacial score (nSPS) is 10.5. The molecule has 122 valence electrons. The summed E-state index contributed by atoms with van der Waals surface area (Å²) < 4.78 is 6.68. The quantitative estimate of drug-likeness (QED) is 0.733. The number of nitrogens with two attached hydrogens (primary N) is 1. The third-order valence-corrected chi connectivity index (χ3v) is 3.54. The van der Waals surface area contributed by atoms with E-state index in [1.54, 1.807) is 17.9 Å². The fourth-order valence-corrected chi connectivity index (χ4v) is 2.43. The lowest BCUT2D eigenvalue weighted by molar-refractivity contribution is 0.0699. The summed E-state index contributed by atoms with van der Waals surface area (Å²) >= 11 is 0. The minimum Gasteiger partial charge on any atom is -0.497 e. The number of nitrogen functional groups attached to an aromatic ring is 1. The van der Waals surface area contributed by atoms with E-state index in [0.29, 0.717) is 17.8 Å². The molecule has 8 nitrogen and oxygen atoms in total. The van der Waals surface area contributed by atoms with E-state index in [1.165, 1.54) is 12.4 Å². The molecule has 2 heterocycles. The van der Waals surface area contributed by atoms with Crippen molar-refractivity contribution in [1.82, 2.24) is 20.0 Å². The van der Waals surface area contributed by atoms with E-state index < -0.39 is 5.97 Å². The van der Waals surface area contributed by atoms with E-state index in [1.807, 2.05) is 24.3 Å². The predicted octanol–water partition coefficient (Wildman–Crippen LogP) is 1.68. The van der Waals surface area contributed by atoms with E-state index in [0.717, 1.165) is 11.3 Å². The number of methoxy groups -OCH3 is 1. The maximum atomic E-state index is 11.6. The van der Waals surface area contributed by atoms with Gasteiger partial charge in [-0.2, -0.15) is 15.3 Å². The van der Waals surface area contributed by atoms with Gasteiger partial charge in [0.2, 0.25) is 0 Å². The molecule has 0 unspecified atom stereocenters. The van der Waals surface area contributed by atoms with Crippen LogP contribution in [0.2, 0.25) is 0 Å². The van der Waals surface area contributed by atoms with E-state index in [4.69, 9.17) is 10.5 Å². The second-order valence-corrected chi connectivity index (χ2v) is 5.05. The highest BCUT2D eigenvalue weighted by Gasteiger charge is 2.23. The van der Waals surface area contributed by atoms with Crippen molar-refractivity contribution >= 4 is 11.8 Å². The van der Waals surface area contributed by atoms with Crippen LogP contribution in [0.25, 0.3) is 11.3 Å². The molecule has 0 saturated carbocycles. The van der Waals surface area contributed by atoms with Crippen LogP contribution in [-0.2, 0) is 6.54 Å². The van der Waals surface area contributed by atoms with Crippen molar-refractivity contribution in [3.8, 4) is 17.0 Å². The summed E-state index contributed by atoms with van der Waals surface area (Å²) in [5, 5.41) is 21.2. The van der Waals surface area contributed by atoms with Crippen molar-refractivity contribution in [2.45, 2.75) is 6.54 Å². The maximum absolute atomic E-state index is 11.6. The van der Waals surface area contributed by atoms with Gasteiger partial charge in [-0.25, -0.2) is 4.79 Å². The topological polar surface area (TPSA) is 116 Å². The Morgan fingerprint density at radius 1 is 1.25 bits per heavy atom. The molecular weight excluding hydrogens is 310 g/mol. The highest BCUT2D eigenvalue weighted by molar-refractivity contribution is 5.99. The molecule has 0 aliphatic carbocycles. The number of aromatic carboxylic acids is 1. The van der Waals surface area contributed by atoms with Crippen LogP contribution in [0.4, 0.5) is 5.82 Å². The Morgan fingerprint density at radius 2 is 2.00 bits per heavy atom. The van der Waals surface area contributed by atoms with E-state index >= 15 is 0 Å². The Bertz CT molecular complexity index is 859. The number of carboxylic acid groups (broad SMARTS) is 1. The number of benzene rings is 1. The first kappa shape index (κ1) is 15.5. The van der Waals surface area contributed by atoms with Gasteiger partial charge in [-0.1, -0.05) is 12.1 Å². The number of anilines is 1. The Hall–Kier alpha value is -3.42. The molecule has 0 aliphatic rings. The van der Waals surface area contributed by atoms with Gasteiger partial charge in [0, 0.05) is 5.56 Å². The highest BCUT2D eigenvalue weighted by Crippen LogP contribution is 2.28. The van der Waals surface area contributed by atoms with E-state index in [-0.39, 0.29) is 11.4 Å². The number of aromatic nitrogens is 4. The molecule has 3 N–H and O–H groups in total. The fraction of sp³-hybridized carbons (Fsp3) is 0.125. The molecule has 3 rings (SSSR count). The van der Waals surface area contributed by atoms with E-state index in [9.17, 15) is 9.90 Å². The van der Waals surface area contributed by atoms with E-state index in [2.05, 4.69) is 15.3 Å². The van der Waals surface area contributed by atoms with Gasteiger partial charge < -0.3 is 15.6 Å². The molecule has 0 fully saturated rings. The lowest BCUT2D eigenvalue weighted by Crippen LogP contribution is -2.06. The molecule has 0 amide bonds. The Labute approximate surface area is 137 Å². The van der Waals surface area contributed by atoms with Crippen molar-refractivity contribution in [3.63, 3.8) is 0 Å². The number of carbonyl (C=O) groups is 1. The van der Waals surface area contributed by atoms with Crippen molar-refractivity contribution in [2.75, 3.05) is 12.8 Å². The minimum absolute atomic E-state index is 0.0391. The van der Waals surface area contributed by atoms with Crippen LogP contribution in [0.1, 0.15) is 15.9 Å². The SMILES string of the molecule is COc1ccc(Cn2nc(N)c(C(=O)O)c2-c2ccnnc2)cc1. The maximum Gasteiger partial charge on any atom is 0.341 e. The Morgan fingerprint density at radius 3 is 2.58 bits per heavy atom. The summed E-state index contributed by atoms with van der Waals surface area (Å²) in [7, 11) is 1.59. The lowest BCUT2D eigenvalue weighted by Gasteiger charge is -2.09. The van der Waals surface area contributed by atoms with Crippen LogP contribution in [0.3, 0.4) is 0 Å². The molecule has 0 radical (unpaired) electrons. The number of hydrogen-bond donors (Lipinski definition) is 2. The first-order chi connectivity index (χ1) is 11.6. The first-order valence-corrected chi connectivity index (χ1v) is 7.09. The highest BCUT2D eigenvalue weighted by atomic mass is 16.5. The average molecular weight is 325 g/mol. The van der Waals surface area contributed by atoms with Crippen molar-refractivity contribution < 1.29 is 14.6 Å².